The van der Waals surface area contributed by atoms with Crippen molar-refractivity contribution >= 4 is 29.2 Å². The zero-order chi connectivity index (χ0) is 15.7. The van der Waals surface area contributed by atoms with Gasteiger partial charge < -0.3 is 9.64 Å². The number of nitrogens with zero attached hydrogens (tertiary/aromatic N) is 1. The molecule has 0 N–H and O–H groups in total. The molecule has 0 aliphatic carbocycles. The highest BCUT2D eigenvalue weighted by molar-refractivity contribution is 6.35. The number of likely N-dealkylation sites (N-methyl/N-ethyl adjacent to an activating group) is 1. The molecule has 2 aromatic rings. The van der Waals surface area contributed by atoms with Gasteiger partial charge in [-0.2, -0.15) is 0 Å². The first-order chi connectivity index (χ1) is 10.6. The summed E-state index contributed by atoms with van der Waals surface area (Å²) in [4.78, 5) is 25.9. The van der Waals surface area contributed by atoms with Gasteiger partial charge in [-0.25, -0.2) is 4.79 Å². The molecule has 1 amide bonds. The molecule has 0 saturated carbocycles. The molecule has 0 radical (unpaired) electrons. The van der Waals surface area contributed by atoms with Crippen molar-refractivity contribution in [3.8, 4) is 0 Å². The van der Waals surface area contributed by atoms with Crippen LogP contribution in [0.5, 0.6) is 0 Å². The standard InChI is InChI=1S/C18H15NO3/c1-19-16-10-6-5-9-14(16)15(17(19)20)11-12-7-3-4-8-13(12)18(21)22-2/h3-11H,1-2H3/b15-11+. The summed E-state index contributed by atoms with van der Waals surface area (Å²) in [6.45, 7) is 0. The number of ether oxygens (including phenoxy) is 1. The lowest BCUT2D eigenvalue weighted by Crippen LogP contribution is -2.20. The Hall–Kier alpha value is -2.88. The fourth-order valence-corrected chi connectivity index (χ4v) is 2.61. The number of anilines is 1. The third-order valence-corrected chi connectivity index (χ3v) is 3.76. The minimum atomic E-state index is -0.417. The number of hydrogen-bond donors (Lipinski definition) is 0. The van der Waals surface area contributed by atoms with Gasteiger partial charge in [-0.1, -0.05) is 36.4 Å². The Morgan fingerprint density at radius 1 is 1.09 bits per heavy atom. The van der Waals surface area contributed by atoms with E-state index in [1.807, 2.05) is 30.3 Å². The van der Waals surface area contributed by atoms with E-state index in [-0.39, 0.29) is 5.91 Å². The van der Waals surface area contributed by atoms with E-state index in [2.05, 4.69) is 0 Å². The molecule has 22 heavy (non-hydrogen) atoms. The minimum Gasteiger partial charge on any atom is -0.465 e. The van der Waals surface area contributed by atoms with E-state index in [0.717, 1.165) is 11.3 Å². The summed E-state index contributed by atoms with van der Waals surface area (Å²) in [5.41, 5.74) is 3.43. The number of esters is 1. The van der Waals surface area contributed by atoms with Crippen molar-refractivity contribution in [3.63, 3.8) is 0 Å². The normalized spacial score (nSPS) is 15.1. The number of amides is 1. The summed E-state index contributed by atoms with van der Waals surface area (Å²) in [5, 5.41) is 0. The number of rotatable bonds is 2. The maximum absolute atomic E-state index is 12.5. The molecule has 0 bridgehead atoms. The third-order valence-electron chi connectivity index (χ3n) is 3.76. The zero-order valence-corrected chi connectivity index (χ0v) is 12.4. The zero-order valence-electron chi connectivity index (χ0n) is 12.4. The van der Waals surface area contributed by atoms with E-state index >= 15 is 0 Å². The lowest BCUT2D eigenvalue weighted by Gasteiger charge is -2.08. The molecular formula is C18H15NO3. The van der Waals surface area contributed by atoms with E-state index in [1.54, 1.807) is 36.2 Å². The summed E-state index contributed by atoms with van der Waals surface area (Å²) >= 11 is 0. The van der Waals surface area contributed by atoms with Gasteiger partial charge in [-0.15, -0.1) is 0 Å². The predicted octanol–water partition coefficient (Wildman–Crippen LogP) is 2.99. The molecule has 0 spiro atoms. The van der Waals surface area contributed by atoms with Crippen molar-refractivity contribution in [2.75, 3.05) is 19.1 Å². The van der Waals surface area contributed by atoms with Crippen molar-refractivity contribution < 1.29 is 14.3 Å². The molecule has 0 atom stereocenters. The Labute approximate surface area is 128 Å². The van der Waals surface area contributed by atoms with Crippen LogP contribution in [-0.4, -0.2) is 26.0 Å². The van der Waals surface area contributed by atoms with Crippen LogP contribution in [-0.2, 0) is 9.53 Å². The summed E-state index contributed by atoms with van der Waals surface area (Å²) in [6, 6.07) is 14.7. The van der Waals surface area contributed by atoms with E-state index < -0.39 is 5.97 Å². The molecule has 0 aromatic heterocycles. The Balaban J connectivity index is 2.15. The van der Waals surface area contributed by atoms with Crippen molar-refractivity contribution in [1.29, 1.82) is 0 Å². The van der Waals surface area contributed by atoms with Crippen LogP contribution >= 0.6 is 0 Å². The Morgan fingerprint density at radius 3 is 2.55 bits per heavy atom. The Bertz CT molecular complexity index is 792. The van der Waals surface area contributed by atoms with Gasteiger partial charge in [-0.05, 0) is 23.8 Å². The molecular weight excluding hydrogens is 278 g/mol. The number of carbonyl (C=O) groups is 2. The first kappa shape index (κ1) is 14.1. The summed E-state index contributed by atoms with van der Waals surface area (Å²) in [6.07, 6.45) is 1.75. The van der Waals surface area contributed by atoms with Crippen molar-refractivity contribution in [3.05, 3.63) is 65.2 Å². The van der Waals surface area contributed by atoms with Crippen molar-refractivity contribution in [2.24, 2.45) is 0 Å². The number of para-hydroxylation sites is 1. The fourth-order valence-electron chi connectivity index (χ4n) is 2.61. The quantitative estimate of drug-likeness (QED) is 0.631. The van der Waals surface area contributed by atoms with Gasteiger partial charge in [-0.3, -0.25) is 4.79 Å². The molecule has 1 heterocycles. The maximum Gasteiger partial charge on any atom is 0.338 e. The van der Waals surface area contributed by atoms with Crippen LogP contribution in [0, 0.1) is 0 Å². The third kappa shape index (κ3) is 2.19. The van der Waals surface area contributed by atoms with Gasteiger partial charge in [0.05, 0.1) is 18.4 Å². The summed E-state index contributed by atoms with van der Waals surface area (Å²) in [5.74, 6) is -0.500. The molecule has 1 aliphatic rings. The Morgan fingerprint density at radius 2 is 1.77 bits per heavy atom. The van der Waals surface area contributed by atoms with E-state index in [0.29, 0.717) is 16.7 Å². The van der Waals surface area contributed by atoms with Gasteiger partial charge in [0.1, 0.15) is 0 Å². The molecule has 4 heteroatoms. The van der Waals surface area contributed by atoms with Crippen LogP contribution in [0.3, 0.4) is 0 Å². The summed E-state index contributed by atoms with van der Waals surface area (Å²) < 4.78 is 4.80. The predicted molar refractivity (Wildman–Crippen MR) is 85.5 cm³/mol. The molecule has 0 unspecified atom stereocenters. The topological polar surface area (TPSA) is 46.6 Å². The molecule has 3 rings (SSSR count). The lowest BCUT2D eigenvalue weighted by atomic mass is 10.0. The van der Waals surface area contributed by atoms with Crippen LogP contribution in [0.2, 0.25) is 0 Å². The number of benzene rings is 2. The highest BCUT2D eigenvalue weighted by atomic mass is 16.5. The second kappa shape index (κ2) is 5.48. The second-order valence-electron chi connectivity index (χ2n) is 5.02. The molecule has 1 aliphatic heterocycles. The SMILES string of the molecule is COC(=O)c1ccccc1/C=C1/C(=O)N(C)c2ccccc21. The van der Waals surface area contributed by atoms with E-state index in [1.165, 1.54) is 7.11 Å². The molecule has 0 saturated heterocycles. The smallest absolute Gasteiger partial charge is 0.338 e. The number of carbonyl (C=O) groups excluding carboxylic acids is 2. The van der Waals surface area contributed by atoms with E-state index in [4.69, 9.17) is 4.74 Å². The van der Waals surface area contributed by atoms with E-state index in [9.17, 15) is 9.59 Å². The van der Waals surface area contributed by atoms with Gasteiger partial charge in [0.25, 0.3) is 5.91 Å². The van der Waals surface area contributed by atoms with Crippen LogP contribution in [0.25, 0.3) is 11.6 Å². The molecule has 4 nitrogen and oxygen atoms in total. The largest absolute Gasteiger partial charge is 0.465 e. The number of methoxy groups -OCH3 is 1. The fraction of sp³-hybridized carbons (Fsp3) is 0.111. The summed E-state index contributed by atoms with van der Waals surface area (Å²) in [7, 11) is 3.09. The highest BCUT2D eigenvalue weighted by Gasteiger charge is 2.29. The van der Waals surface area contributed by atoms with Crippen LogP contribution in [0.1, 0.15) is 21.5 Å². The number of fused-ring (bicyclic) bond motifs is 1. The Kier molecular flexibility index (Phi) is 3.51. The second-order valence-corrected chi connectivity index (χ2v) is 5.02. The minimum absolute atomic E-state index is 0.0825. The molecule has 0 fully saturated rings. The first-order valence-corrected chi connectivity index (χ1v) is 6.90. The molecule has 110 valence electrons. The van der Waals surface area contributed by atoms with Gasteiger partial charge in [0, 0.05) is 18.2 Å². The molecule has 2 aromatic carbocycles. The van der Waals surface area contributed by atoms with Crippen molar-refractivity contribution in [1.82, 2.24) is 0 Å². The van der Waals surface area contributed by atoms with Crippen molar-refractivity contribution in [2.45, 2.75) is 0 Å². The van der Waals surface area contributed by atoms with Gasteiger partial charge in [0.15, 0.2) is 0 Å². The first-order valence-electron chi connectivity index (χ1n) is 6.90. The highest BCUT2D eigenvalue weighted by Crippen LogP contribution is 2.36. The maximum atomic E-state index is 12.5. The van der Waals surface area contributed by atoms with Crippen LogP contribution in [0.15, 0.2) is 48.5 Å². The van der Waals surface area contributed by atoms with Crippen LogP contribution < -0.4 is 4.90 Å². The average Bonchev–Trinajstić information content (AvgIpc) is 2.80. The lowest BCUT2D eigenvalue weighted by molar-refractivity contribution is -0.112. The van der Waals surface area contributed by atoms with Gasteiger partial charge >= 0.3 is 5.97 Å². The van der Waals surface area contributed by atoms with Gasteiger partial charge in [0.2, 0.25) is 0 Å². The average molecular weight is 293 g/mol. The monoisotopic (exact) mass is 293 g/mol. The van der Waals surface area contributed by atoms with Crippen LogP contribution in [0.4, 0.5) is 5.69 Å². The number of hydrogen-bond acceptors (Lipinski definition) is 3.